The Labute approximate surface area is 117 Å². The van der Waals surface area contributed by atoms with Crippen LogP contribution in [0.25, 0.3) is 0 Å². The first kappa shape index (κ1) is 14.0. The summed E-state index contributed by atoms with van der Waals surface area (Å²) < 4.78 is 23.0. The first-order valence-corrected chi connectivity index (χ1v) is 9.06. The molecule has 1 aromatic rings. The molecule has 1 N–H and O–H groups in total. The molecular formula is C12H16ClNO2S2. The van der Waals surface area contributed by atoms with Gasteiger partial charge in [-0.1, -0.05) is 18.5 Å². The Kier molecular flexibility index (Phi) is 4.14. The lowest BCUT2D eigenvalue weighted by molar-refractivity contribution is 0.602. The Morgan fingerprint density at radius 1 is 1.44 bits per heavy atom. The van der Waals surface area contributed by atoms with Crippen LogP contribution in [0.2, 0.25) is 5.02 Å². The average Bonchev–Trinajstić information content (AvgIpc) is 2.66. The minimum atomic E-state index is -3.19. The maximum Gasteiger partial charge on any atom is 0.175 e. The van der Waals surface area contributed by atoms with Gasteiger partial charge in [-0.15, -0.1) is 0 Å². The van der Waals surface area contributed by atoms with Gasteiger partial charge in [0.05, 0.1) is 15.6 Å². The first-order valence-electron chi connectivity index (χ1n) is 5.74. The average molecular weight is 306 g/mol. The van der Waals surface area contributed by atoms with Gasteiger partial charge in [0.2, 0.25) is 0 Å². The molecule has 1 aliphatic heterocycles. The van der Waals surface area contributed by atoms with Gasteiger partial charge in [-0.2, -0.15) is 11.8 Å². The molecule has 0 spiro atoms. The second-order valence-electron chi connectivity index (χ2n) is 4.63. The van der Waals surface area contributed by atoms with Crippen LogP contribution in [0.1, 0.15) is 13.3 Å². The van der Waals surface area contributed by atoms with Crippen LogP contribution in [-0.4, -0.2) is 31.7 Å². The van der Waals surface area contributed by atoms with Crippen molar-refractivity contribution in [3.05, 3.63) is 23.2 Å². The fourth-order valence-corrected chi connectivity index (χ4v) is 3.95. The van der Waals surface area contributed by atoms with E-state index in [1.807, 2.05) is 11.8 Å². The SMILES string of the molecule is CC1CC(Nc2cc(S(C)(=O)=O)ccc2Cl)CS1. The van der Waals surface area contributed by atoms with Crippen LogP contribution in [0, 0.1) is 0 Å². The van der Waals surface area contributed by atoms with Crippen molar-refractivity contribution in [2.45, 2.75) is 29.5 Å². The number of sulfone groups is 1. The summed E-state index contributed by atoms with van der Waals surface area (Å²) in [6, 6.07) is 5.14. The maximum atomic E-state index is 11.5. The highest BCUT2D eigenvalue weighted by atomic mass is 35.5. The van der Waals surface area contributed by atoms with E-state index in [9.17, 15) is 8.42 Å². The molecule has 0 aromatic heterocycles. The molecule has 100 valence electrons. The normalized spacial score (nSPS) is 24.2. The first-order chi connectivity index (χ1) is 8.36. The molecule has 1 aliphatic rings. The molecule has 2 unspecified atom stereocenters. The van der Waals surface area contributed by atoms with Gasteiger partial charge >= 0.3 is 0 Å². The summed E-state index contributed by atoms with van der Waals surface area (Å²) in [7, 11) is -3.19. The van der Waals surface area contributed by atoms with E-state index in [0.29, 0.717) is 26.9 Å². The van der Waals surface area contributed by atoms with Gasteiger partial charge < -0.3 is 5.32 Å². The third kappa shape index (κ3) is 3.33. The van der Waals surface area contributed by atoms with Crippen molar-refractivity contribution in [3.63, 3.8) is 0 Å². The summed E-state index contributed by atoms with van der Waals surface area (Å²) in [5.74, 6) is 1.03. The van der Waals surface area contributed by atoms with Crippen molar-refractivity contribution in [2.24, 2.45) is 0 Å². The van der Waals surface area contributed by atoms with Gasteiger partial charge in [0, 0.05) is 23.3 Å². The minimum absolute atomic E-state index is 0.299. The molecular weight excluding hydrogens is 290 g/mol. The van der Waals surface area contributed by atoms with Crippen LogP contribution < -0.4 is 5.32 Å². The molecule has 0 bridgehead atoms. The second kappa shape index (κ2) is 5.31. The van der Waals surface area contributed by atoms with Crippen molar-refractivity contribution < 1.29 is 8.42 Å². The van der Waals surface area contributed by atoms with E-state index in [1.165, 1.54) is 12.3 Å². The van der Waals surface area contributed by atoms with Gasteiger partial charge in [-0.25, -0.2) is 8.42 Å². The highest BCUT2D eigenvalue weighted by Gasteiger charge is 2.22. The summed E-state index contributed by atoms with van der Waals surface area (Å²) in [6.07, 6.45) is 2.28. The maximum absolute atomic E-state index is 11.5. The van der Waals surface area contributed by atoms with Gasteiger partial charge in [-0.3, -0.25) is 0 Å². The standard InChI is InChI=1S/C12H16ClNO2S2/c1-8-5-9(7-17-8)14-12-6-10(18(2,15)16)3-4-11(12)13/h3-4,6,8-9,14H,5,7H2,1-2H3. The molecule has 18 heavy (non-hydrogen) atoms. The second-order valence-corrected chi connectivity index (χ2v) is 8.53. The minimum Gasteiger partial charge on any atom is -0.380 e. The van der Waals surface area contributed by atoms with Crippen LogP contribution in [0.4, 0.5) is 5.69 Å². The summed E-state index contributed by atoms with van der Waals surface area (Å²) >= 11 is 8.01. The molecule has 1 fully saturated rings. The third-order valence-corrected chi connectivity index (χ3v) is 5.72. The number of thioether (sulfide) groups is 1. The van der Waals surface area contributed by atoms with E-state index in [1.54, 1.807) is 12.1 Å². The van der Waals surface area contributed by atoms with Crippen molar-refractivity contribution in [1.82, 2.24) is 0 Å². The fourth-order valence-electron chi connectivity index (χ4n) is 1.98. The van der Waals surface area contributed by atoms with Gasteiger partial charge in [0.1, 0.15) is 0 Å². The number of benzene rings is 1. The van der Waals surface area contributed by atoms with E-state index < -0.39 is 9.84 Å². The predicted octanol–water partition coefficient (Wildman–Crippen LogP) is 3.05. The molecule has 2 rings (SSSR count). The van der Waals surface area contributed by atoms with Gasteiger partial charge in [0.25, 0.3) is 0 Å². The lowest BCUT2D eigenvalue weighted by Gasteiger charge is -2.15. The third-order valence-electron chi connectivity index (χ3n) is 2.92. The number of nitrogens with one attached hydrogen (secondary N) is 1. The Hall–Kier alpha value is -0.390. The number of hydrogen-bond acceptors (Lipinski definition) is 4. The van der Waals surface area contributed by atoms with Crippen LogP contribution in [0.5, 0.6) is 0 Å². The number of rotatable bonds is 3. The van der Waals surface area contributed by atoms with Crippen LogP contribution in [0.15, 0.2) is 23.1 Å². The quantitative estimate of drug-likeness (QED) is 0.932. The van der Waals surface area contributed by atoms with E-state index in [0.717, 1.165) is 12.2 Å². The number of anilines is 1. The predicted molar refractivity (Wildman–Crippen MR) is 78.5 cm³/mol. The Morgan fingerprint density at radius 3 is 2.72 bits per heavy atom. The van der Waals surface area contributed by atoms with E-state index >= 15 is 0 Å². The number of hydrogen-bond donors (Lipinski definition) is 1. The summed E-state index contributed by atoms with van der Waals surface area (Å²) in [5, 5.41) is 4.54. The highest BCUT2D eigenvalue weighted by Crippen LogP contribution is 2.31. The van der Waals surface area contributed by atoms with E-state index in [4.69, 9.17) is 11.6 Å². The zero-order chi connectivity index (χ0) is 13.3. The van der Waals surface area contributed by atoms with Gasteiger partial charge in [0.15, 0.2) is 9.84 Å². The highest BCUT2D eigenvalue weighted by molar-refractivity contribution is 8.00. The summed E-state index contributed by atoms with van der Waals surface area (Å²) in [5.41, 5.74) is 0.708. The fraction of sp³-hybridized carbons (Fsp3) is 0.500. The zero-order valence-electron chi connectivity index (χ0n) is 10.3. The van der Waals surface area contributed by atoms with Crippen molar-refractivity contribution in [1.29, 1.82) is 0 Å². The number of halogens is 1. The molecule has 1 saturated heterocycles. The summed E-state index contributed by atoms with van der Waals surface area (Å²) in [4.78, 5) is 0.299. The van der Waals surface area contributed by atoms with Gasteiger partial charge in [-0.05, 0) is 24.6 Å². The molecule has 1 heterocycles. The molecule has 0 aliphatic carbocycles. The molecule has 0 amide bonds. The van der Waals surface area contributed by atoms with Crippen LogP contribution in [0.3, 0.4) is 0 Å². The summed E-state index contributed by atoms with van der Waals surface area (Å²) in [6.45, 7) is 2.20. The largest absolute Gasteiger partial charge is 0.380 e. The van der Waals surface area contributed by atoms with Crippen molar-refractivity contribution >= 4 is 38.9 Å². The van der Waals surface area contributed by atoms with E-state index in [2.05, 4.69) is 12.2 Å². The van der Waals surface area contributed by atoms with Crippen molar-refractivity contribution in [2.75, 3.05) is 17.3 Å². The van der Waals surface area contributed by atoms with Crippen LogP contribution >= 0.6 is 23.4 Å². The molecule has 3 nitrogen and oxygen atoms in total. The zero-order valence-corrected chi connectivity index (χ0v) is 12.7. The monoisotopic (exact) mass is 305 g/mol. The topological polar surface area (TPSA) is 46.2 Å². The Bertz CT molecular complexity index is 545. The van der Waals surface area contributed by atoms with Crippen molar-refractivity contribution in [3.8, 4) is 0 Å². The smallest absolute Gasteiger partial charge is 0.175 e. The molecule has 0 saturated carbocycles. The molecule has 2 atom stereocenters. The lowest BCUT2D eigenvalue weighted by atomic mass is 10.2. The lowest BCUT2D eigenvalue weighted by Crippen LogP contribution is -2.19. The molecule has 1 aromatic carbocycles. The Morgan fingerprint density at radius 2 is 2.17 bits per heavy atom. The van der Waals surface area contributed by atoms with Crippen LogP contribution in [-0.2, 0) is 9.84 Å². The molecule has 6 heteroatoms. The Balaban J connectivity index is 2.22. The molecule has 0 radical (unpaired) electrons. The van der Waals surface area contributed by atoms with E-state index in [-0.39, 0.29) is 0 Å².